The van der Waals surface area contributed by atoms with Crippen LogP contribution in [0.15, 0.2) is 30.3 Å². The average Bonchev–Trinajstić information content (AvgIpc) is 2.56. The molecule has 2 rings (SSSR count). The van der Waals surface area contributed by atoms with Crippen molar-refractivity contribution < 1.29 is 4.79 Å². The van der Waals surface area contributed by atoms with Gasteiger partial charge < -0.3 is 15.5 Å². The summed E-state index contributed by atoms with van der Waals surface area (Å²) >= 11 is 1.93. The predicted molar refractivity (Wildman–Crippen MR) is 95.7 cm³/mol. The van der Waals surface area contributed by atoms with Crippen LogP contribution >= 0.6 is 11.8 Å². The number of benzene rings is 1. The SMILES string of the molecule is CCN(CCCNC(=O)CC1CSCCN1)c1ccccc1. The Hall–Kier alpha value is -1.20. The summed E-state index contributed by atoms with van der Waals surface area (Å²) < 4.78 is 0. The van der Waals surface area contributed by atoms with Gasteiger partial charge in [0.25, 0.3) is 0 Å². The van der Waals surface area contributed by atoms with Crippen molar-refractivity contribution in [1.82, 2.24) is 10.6 Å². The minimum Gasteiger partial charge on any atom is -0.372 e. The van der Waals surface area contributed by atoms with Gasteiger partial charge >= 0.3 is 0 Å². The minimum atomic E-state index is 0.169. The summed E-state index contributed by atoms with van der Waals surface area (Å²) in [6.45, 7) is 5.89. The normalized spacial score (nSPS) is 18.0. The number of carbonyl (C=O) groups excluding carboxylic acids is 1. The molecule has 1 aromatic rings. The number of nitrogens with one attached hydrogen (secondary N) is 2. The first-order valence-corrected chi connectivity index (χ1v) is 9.33. The molecule has 0 spiro atoms. The summed E-state index contributed by atoms with van der Waals surface area (Å²) in [7, 11) is 0. The molecule has 0 aliphatic carbocycles. The molecular weight excluding hydrogens is 294 g/mol. The van der Waals surface area contributed by atoms with Crippen LogP contribution in [0.5, 0.6) is 0 Å². The highest BCUT2D eigenvalue weighted by Crippen LogP contribution is 2.13. The van der Waals surface area contributed by atoms with E-state index in [2.05, 4.69) is 46.7 Å². The quantitative estimate of drug-likeness (QED) is 0.720. The highest BCUT2D eigenvalue weighted by Gasteiger charge is 2.16. The Morgan fingerprint density at radius 1 is 1.41 bits per heavy atom. The second-order valence-corrected chi connectivity index (χ2v) is 6.70. The third-order valence-electron chi connectivity index (χ3n) is 3.86. The van der Waals surface area contributed by atoms with Gasteiger partial charge in [-0.25, -0.2) is 0 Å². The number of rotatable bonds is 8. The molecule has 1 aliphatic rings. The van der Waals surface area contributed by atoms with Crippen LogP contribution in [-0.2, 0) is 4.79 Å². The van der Waals surface area contributed by atoms with Gasteiger partial charge in [0.15, 0.2) is 0 Å². The van der Waals surface area contributed by atoms with Gasteiger partial charge in [-0.1, -0.05) is 18.2 Å². The Morgan fingerprint density at radius 3 is 2.91 bits per heavy atom. The lowest BCUT2D eigenvalue weighted by Crippen LogP contribution is -2.41. The fourth-order valence-corrected chi connectivity index (χ4v) is 3.60. The minimum absolute atomic E-state index is 0.169. The Kier molecular flexibility index (Phi) is 7.60. The molecule has 1 heterocycles. The third-order valence-corrected chi connectivity index (χ3v) is 4.99. The molecule has 122 valence electrons. The summed E-state index contributed by atoms with van der Waals surface area (Å²) in [5.41, 5.74) is 1.25. The van der Waals surface area contributed by atoms with Gasteiger partial charge in [0.2, 0.25) is 5.91 Å². The average molecular weight is 321 g/mol. The van der Waals surface area contributed by atoms with Crippen LogP contribution in [0.1, 0.15) is 19.8 Å². The van der Waals surface area contributed by atoms with Crippen LogP contribution in [-0.4, -0.2) is 49.6 Å². The molecule has 0 aromatic heterocycles. The van der Waals surface area contributed by atoms with E-state index in [1.165, 1.54) is 5.69 Å². The van der Waals surface area contributed by atoms with Crippen LogP contribution < -0.4 is 15.5 Å². The van der Waals surface area contributed by atoms with Crippen molar-refractivity contribution in [2.24, 2.45) is 0 Å². The molecule has 0 radical (unpaired) electrons. The van der Waals surface area contributed by atoms with Crippen molar-refractivity contribution in [1.29, 1.82) is 0 Å². The van der Waals surface area contributed by atoms with Crippen molar-refractivity contribution in [2.75, 3.05) is 42.6 Å². The van der Waals surface area contributed by atoms with Crippen molar-refractivity contribution in [3.8, 4) is 0 Å². The second-order valence-electron chi connectivity index (χ2n) is 5.55. The van der Waals surface area contributed by atoms with Crippen LogP contribution in [0, 0.1) is 0 Å². The number of hydrogen-bond donors (Lipinski definition) is 2. The van der Waals surface area contributed by atoms with Gasteiger partial charge in [0, 0.05) is 55.8 Å². The zero-order valence-corrected chi connectivity index (χ0v) is 14.2. The van der Waals surface area contributed by atoms with E-state index in [4.69, 9.17) is 0 Å². The lowest BCUT2D eigenvalue weighted by molar-refractivity contribution is -0.121. The van der Waals surface area contributed by atoms with E-state index >= 15 is 0 Å². The smallest absolute Gasteiger partial charge is 0.221 e. The standard InChI is InChI=1S/C17H27N3OS/c1-2-20(16-7-4-3-5-8-16)11-6-9-19-17(21)13-15-14-22-12-10-18-15/h3-5,7-8,15,18H,2,6,9-14H2,1H3,(H,19,21). The molecule has 1 fully saturated rings. The largest absolute Gasteiger partial charge is 0.372 e. The van der Waals surface area contributed by atoms with E-state index in [1.54, 1.807) is 0 Å². The molecule has 0 bridgehead atoms. The maximum Gasteiger partial charge on any atom is 0.221 e. The Bertz CT molecular complexity index is 435. The fourth-order valence-electron chi connectivity index (χ4n) is 2.65. The molecule has 0 saturated carbocycles. The lowest BCUT2D eigenvalue weighted by Gasteiger charge is -2.24. The number of para-hydroxylation sites is 1. The summed E-state index contributed by atoms with van der Waals surface area (Å²) in [5.74, 6) is 2.37. The van der Waals surface area contributed by atoms with Crippen molar-refractivity contribution >= 4 is 23.4 Å². The Balaban J connectivity index is 1.62. The molecule has 1 saturated heterocycles. The van der Waals surface area contributed by atoms with Gasteiger partial charge in [-0.3, -0.25) is 4.79 Å². The number of carbonyl (C=O) groups is 1. The molecule has 1 amide bonds. The van der Waals surface area contributed by atoms with Gasteiger partial charge in [0.1, 0.15) is 0 Å². The molecule has 1 atom stereocenters. The van der Waals surface area contributed by atoms with Crippen molar-refractivity contribution in [3.05, 3.63) is 30.3 Å². The van der Waals surface area contributed by atoms with E-state index in [0.29, 0.717) is 12.5 Å². The van der Waals surface area contributed by atoms with Gasteiger partial charge in [-0.2, -0.15) is 11.8 Å². The first-order valence-electron chi connectivity index (χ1n) is 8.17. The monoisotopic (exact) mass is 321 g/mol. The Labute approximate surface area is 138 Å². The van der Waals surface area contributed by atoms with E-state index in [1.807, 2.05) is 17.8 Å². The number of anilines is 1. The fraction of sp³-hybridized carbons (Fsp3) is 0.588. The zero-order chi connectivity index (χ0) is 15.6. The van der Waals surface area contributed by atoms with Crippen LogP contribution in [0.2, 0.25) is 0 Å². The van der Waals surface area contributed by atoms with E-state index in [9.17, 15) is 4.79 Å². The molecule has 4 nitrogen and oxygen atoms in total. The summed E-state index contributed by atoms with van der Waals surface area (Å²) in [6, 6.07) is 10.8. The molecule has 1 aromatic carbocycles. The molecule has 2 N–H and O–H groups in total. The first-order chi connectivity index (χ1) is 10.8. The van der Waals surface area contributed by atoms with Crippen LogP contribution in [0.25, 0.3) is 0 Å². The summed E-state index contributed by atoms with van der Waals surface area (Å²) in [5, 5.41) is 6.45. The number of nitrogens with zero attached hydrogens (tertiary/aromatic N) is 1. The van der Waals surface area contributed by atoms with Gasteiger partial charge in [-0.15, -0.1) is 0 Å². The molecule has 22 heavy (non-hydrogen) atoms. The molecule has 5 heteroatoms. The van der Waals surface area contributed by atoms with Gasteiger partial charge in [-0.05, 0) is 25.5 Å². The highest BCUT2D eigenvalue weighted by atomic mass is 32.2. The van der Waals surface area contributed by atoms with Gasteiger partial charge in [0.05, 0.1) is 0 Å². The van der Waals surface area contributed by atoms with E-state index in [0.717, 1.165) is 44.1 Å². The Morgan fingerprint density at radius 2 is 2.23 bits per heavy atom. The number of amides is 1. The number of thioether (sulfide) groups is 1. The summed E-state index contributed by atoms with van der Waals surface area (Å²) in [4.78, 5) is 14.3. The van der Waals surface area contributed by atoms with E-state index in [-0.39, 0.29) is 5.91 Å². The highest BCUT2D eigenvalue weighted by molar-refractivity contribution is 7.99. The second kappa shape index (κ2) is 9.74. The van der Waals surface area contributed by atoms with Crippen LogP contribution in [0.4, 0.5) is 5.69 Å². The molecule has 1 unspecified atom stereocenters. The summed E-state index contributed by atoms with van der Waals surface area (Å²) in [6.07, 6.45) is 1.57. The predicted octanol–water partition coefficient (Wildman–Crippen LogP) is 2.11. The van der Waals surface area contributed by atoms with Crippen molar-refractivity contribution in [2.45, 2.75) is 25.8 Å². The topological polar surface area (TPSA) is 44.4 Å². The maximum absolute atomic E-state index is 11.9. The molecule has 1 aliphatic heterocycles. The van der Waals surface area contributed by atoms with Crippen molar-refractivity contribution in [3.63, 3.8) is 0 Å². The third kappa shape index (κ3) is 5.89. The zero-order valence-electron chi connectivity index (χ0n) is 13.4. The lowest BCUT2D eigenvalue weighted by atomic mass is 10.2. The maximum atomic E-state index is 11.9. The first kappa shape index (κ1) is 17.2. The van der Waals surface area contributed by atoms with E-state index < -0.39 is 0 Å². The molecular formula is C17H27N3OS. The van der Waals surface area contributed by atoms with Crippen LogP contribution in [0.3, 0.4) is 0 Å². The number of hydrogen-bond acceptors (Lipinski definition) is 4.